The molecule has 0 saturated carbocycles. The highest BCUT2D eigenvalue weighted by atomic mass is 32.2. The third-order valence-corrected chi connectivity index (χ3v) is 6.38. The molecule has 7 heteroatoms. The lowest BCUT2D eigenvalue weighted by Gasteiger charge is -2.15. The Kier molecular flexibility index (Phi) is 7.72. The Morgan fingerprint density at radius 3 is 1.89 bits per heavy atom. The number of ketones is 1. The molecule has 0 fully saturated rings. The lowest BCUT2D eigenvalue weighted by atomic mass is 10.1. The number of hydrogen-bond donors (Lipinski definition) is 0. The van der Waals surface area contributed by atoms with Gasteiger partial charge in [0.2, 0.25) is 5.78 Å². The second-order valence-corrected chi connectivity index (χ2v) is 8.85. The van der Waals surface area contributed by atoms with Crippen LogP contribution in [0.4, 0.5) is 5.69 Å². The minimum Gasteiger partial charge on any atom is -0.421 e. The van der Waals surface area contributed by atoms with E-state index in [4.69, 9.17) is 4.74 Å². The summed E-state index contributed by atoms with van der Waals surface area (Å²) in [6, 6.07) is 30.3. The van der Waals surface area contributed by atoms with Crippen LogP contribution >= 0.6 is 11.8 Å². The lowest BCUT2D eigenvalue weighted by molar-refractivity contribution is -0.387. The van der Waals surface area contributed by atoms with E-state index in [1.165, 1.54) is 6.07 Å². The fraction of sp³-hybridized carbons (Fsp3) is 0.0345. The molecule has 0 radical (unpaired) electrons. The smallest absolute Gasteiger partial charge is 0.343 e. The third-order valence-electron chi connectivity index (χ3n) is 5.24. The van der Waals surface area contributed by atoms with Gasteiger partial charge in [-0.2, -0.15) is 0 Å². The molecular weight excluding hydrogens is 474 g/mol. The standard InChI is InChI=1S/C29H21NO5S/c1-20-16-18-23(19-17-20)29(32)35-27(22-12-6-3-7-13-22)28(26(31)21-10-4-2-5-11-21)36-25-15-9-8-14-24(25)30(33)34/h2-19H,1H3/b28-27+. The van der Waals surface area contributed by atoms with E-state index in [9.17, 15) is 19.7 Å². The maximum atomic E-state index is 13.8. The molecule has 4 rings (SSSR count). The average molecular weight is 496 g/mol. The summed E-state index contributed by atoms with van der Waals surface area (Å²) >= 11 is 0.900. The fourth-order valence-electron chi connectivity index (χ4n) is 3.39. The normalized spacial score (nSPS) is 11.4. The maximum Gasteiger partial charge on any atom is 0.343 e. The van der Waals surface area contributed by atoms with Crippen molar-refractivity contribution >= 4 is 35.0 Å². The van der Waals surface area contributed by atoms with Gasteiger partial charge in [0.15, 0.2) is 5.76 Å². The van der Waals surface area contributed by atoms with Crippen molar-refractivity contribution in [3.63, 3.8) is 0 Å². The Balaban J connectivity index is 1.90. The van der Waals surface area contributed by atoms with Crippen LogP contribution in [0.15, 0.2) is 119 Å². The van der Waals surface area contributed by atoms with Gasteiger partial charge in [-0.15, -0.1) is 0 Å². The highest BCUT2D eigenvalue weighted by Crippen LogP contribution is 2.40. The van der Waals surface area contributed by atoms with Crippen molar-refractivity contribution in [2.75, 3.05) is 0 Å². The van der Waals surface area contributed by atoms with Gasteiger partial charge >= 0.3 is 5.97 Å². The molecule has 4 aromatic rings. The fourth-order valence-corrected chi connectivity index (χ4v) is 4.46. The van der Waals surface area contributed by atoms with Crippen LogP contribution in [0.25, 0.3) is 5.76 Å². The van der Waals surface area contributed by atoms with Crippen LogP contribution < -0.4 is 0 Å². The molecule has 0 N–H and O–H groups in total. The molecule has 0 saturated heterocycles. The summed E-state index contributed by atoms with van der Waals surface area (Å²) in [5.74, 6) is -1.04. The lowest BCUT2D eigenvalue weighted by Crippen LogP contribution is -2.11. The molecule has 4 aromatic carbocycles. The van der Waals surface area contributed by atoms with Gasteiger partial charge in [0.05, 0.1) is 15.4 Å². The van der Waals surface area contributed by atoms with E-state index in [0.29, 0.717) is 16.7 Å². The number of Topliss-reactive ketones (excluding diaryl/α,β-unsaturated/α-hetero) is 1. The molecule has 0 aliphatic heterocycles. The van der Waals surface area contributed by atoms with E-state index >= 15 is 0 Å². The van der Waals surface area contributed by atoms with Gasteiger partial charge in [0.25, 0.3) is 5.69 Å². The topological polar surface area (TPSA) is 86.5 Å². The number of rotatable bonds is 8. The zero-order valence-electron chi connectivity index (χ0n) is 19.3. The molecule has 0 aromatic heterocycles. The quantitative estimate of drug-likeness (QED) is 0.0493. The van der Waals surface area contributed by atoms with E-state index in [1.807, 2.05) is 6.92 Å². The van der Waals surface area contributed by atoms with Crippen molar-refractivity contribution < 1.29 is 19.2 Å². The van der Waals surface area contributed by atoms with Crippen LogP contribution in [0.1, 0.15) is 31.8 Å². The number of esters is 1. The number of carbonyl (C=O) groups excluding carboxylic acids is 2. The molecule has 0 aliphatic rings. The van der Waals surface area contributed by atoms with Crippen molar-refractivity contribution in [2.24, 2.45) is 0 Å². The van der Waals surface area contributed by atoms with Gasteiger partial charge in [-0.1, -0.05) is 102 Å². The SMILES string of the molecule is Cc1ccc(C(=O)O/C(=C(/Sc2ccccc2[N+](=O)[O-])C(=O)c2ccccc2)c2ccccc2)cc1. The first-order valence-electron chi connectivity index (χ1n) is 11.0. The van der Waals surface area contributed by atoms with E-state index < -0.39 is 16.7 Å². The molecule has 0 atom stereocenters. The third kappa shape index (κ3) is 5.76. The number of thioether (sulfide) groups is 1. The summed E-state index contributed by atoms with van der Waals surface area (Å²) in [6.45, 7) is 1.91. The van der Waals surface area contributed by atoms with Crippen molar-refractivity contribution in [3.05, 3.63) is 146 Å². The van der Waals surface area contributed by atoms with Gasteiger partial charge in [-0.05, 0) is 25.1 Å². The summed E-state index contributed by atoms with van der Waals surface area (Å²) in [5, 5.41) is 11.7. The monoisotopic (exact) mass is 495 g/mol. The molecule has 6 nitrogen and oxygen atoms in total. The maximum absolute atomic E-state index is 13.8. The Bertz CT molecular complexity index is 1430. The Hall–Kier alpha value is -4.49. The second-order valence-electron chi connectivity index (χ2n) is 7.80. The minimum absolute atomic E-state index is 0.0261. The number of nitrogens with zero attached hydrogens (tertiary/aromatic N) is 1. The van der Waals surface area contributed by atoms with Gasteiger partial charge in [0, 0.05) is 17.2 Å². The number of hydrogen-bond acceptors (Lipinski definition) is 6. The number of nitro benzene ring substituents is 1. The number of ether oxygens (including phenoxy) is 1. The minimum atomic E-state index is -0.643. The molecule has 0 unspecified atom stereocenters. The van der Waals surface area contributed by atoms with E-state index in [2.05, 4.69) is 0 Å². The number of nitro groups is 1. The summed E-state index contributed by atoms with van der Waals surface area (Å²) < 4.78 is 5.87. The van der Waals surface area contributed by atoms with Crippen LogP contribution in [0.5, 0.6) is 0 Å². The molecular formula is C29H21NO5S. The number of para-hydroxylation sites is 1. The Morgan fingerprint density at radius 1 is 0.722 bits per heavy atom. The predicted molar refractivity (Wildman–Crippen MR) is 140 cm³/mol. The summed E-state index contributed by atoms with van der Waals surface area (Å²) in [4.78, 5) is 38.4. The largest absolute Gasteiger partial charge is 0.421 e. The van der Waals surface area contributed by atoms with Crippen LogP contribution in [-0.2, 0) is 4.74 Å². The highest BCUT2D eigenvalue weighted by Gasteiger charge is 2.26. The average Bonchev–Trinajstić information content (AvgIpc) is 2.91. The number of carbonyl (C=O) groups is 2. The number of allylic oxidation sites excluding steroid dienone is 1. The summed E-state index contributed by atoms with van der Waals surface area (Å²) in [7, 11) is 0. The van der Waals surface area contributed by atoms with Crippen LogP contribution in [0.2, 0.25) is 0 Å². The first-order valence-corrected chi connectivity index (χ1v) is 11.9. The molecule has 0 amide bonds. The first-order chi connectivity index (χ1) is 17.4. The summed E-state index contributed by atoms with van der Waals surface area (Å²) in [5.41, 5.74) is 1.99. The Labute approximate surface area is 212 Å². The van der Waals surface area contributed by atoms with Crippen molar-refractivity contribution in [2.45, 2.75) is 11.8 Å². The molecule has 0 spiro atoms. The molecule has 0 heterocycles. The van der Waals surface area contributed by atoms with Crippen molar-refractivity contribution in [1.29, 1.82) is 0 Å². The van der Waals surface area contributed by atoms with Crippen molar-refractivity contribution in [3.8, 4) is 0 Å². The van der Waals surface area contributed by atoms with E-state index in [-0.39, 0.29) is 21.2 Å². The molecule has 0 bridgehead atoms. The highest BCUT2D eigenvalue weighted by molar-refractivity contribution is 8.04. The van der Waals surface area contributed by atoms with Crippen LogP contribution in [0.3, 0.4) is 0 Å². The number of benzene rings is 4. The summed E-state index contributed by atoms with van der Waals surface area (Å²) in [6.07, 6.45) is 0. The van der Waals surface area contributed by atoms with Gasteiger partial charge < -0.3 is 4.74 Å². The Morgan fingerprint density at radius 2 is 1.28 bits per heavy atom. The van der Waals surface area contributed by atoms with Gasteiger partial charge in [-0.3, -0.25) is 14.9 Å². The van der Waals surface area contributed by atoms with Crippen LogP contribution in [-0.4, -0.2) is 16.7 Å². The zero-order valence-corrected chi connectivity index (χ0v) is 20.1. The van der Waals surface area contributed by atoms with E-state index in [1.54, 1.807) is 103 Å². The second kappa shape index (κ2) is 11.3. The zero-order chi connectivity index (χ0) is 25.5. The van der Waals surface area contributed by atoms with Crippen molar-refractivity contribution in [1.82, 2.24) is 0 Å². The van der Waals surface area contributed by atoms with Gasteiger partial charge in [0.1, 0.15) is 4.91 Å². The van der Waals surface area contributed by atoms with Gasteiger partial charge in [-0.25, -0.2) is 4.79 Å². The molecule has 0 aliphatic carbocycles. The van der Waals surface area contributed by atoms with E-state index in [0.717, 1.165) is 17.3 Å². The molecule has 178 valence electrons. The molecule has 36 heavy (non-hydrogen) atoms. The van der Waals surface area contributed by atoms with Crippen LogP contribution in [0, 0.1) is 17.0 Å². The first kappa shape index (κ1) is 24.6. The predicted octanol–water partition coefficient (Wildman–Crippen LogP) is 7.10. The number of aryl methyl sites for hydroxylation is 1.